The quantitative estimate of drug-likeness (QED) is 0.867. The molecule has 0 unspecified atom stereocenters. The molecule has 0 fully saturated rings. The van der Waals surface area contributed by atoms with Gasteiger partial charge in [-0.25, -0.2) is 9.67 Å². The van der Waals surface area contributed by atoms with Gasteiger partial charge in [0.05, 0.1) is 11.6 Å². The molecule has 28 heavy (non-hydrogen) atoms. The molecule has 0 saturated heterocycles. The molecule has 0 radical (unpaired) electrons. The van der Waals surface area contributed by atoms with Crippen molar-refractivity contribution >= 4 is 11.7 Å². The van der Waals surface area contributed by atoms with Crippen molar-refractivity contribution in [2.75, 3.05) is 7.11 Å². The van der Waals surface area contributed by atoms with E-state index in [2.05, 4.69) is 15.4 Å². The summed E-state index contributed by atoms with van der Waals surface area (Å²) in [7, 11) is 1.60. The fourth-order valence-electron chi connectivity index (χ4n) is 4.25. The van der Waals surface area contributed by atoms with Gasteiger partial charge in [0.25, 0.3) is 5.91 Å². The van der Waals surface area contributed by atoms with Crippen LogP contribution in [0.4, 0.5) is 0 Å². The standard InChI is InChI=1S/C20H26N4O4/c1-11-16-13(25)8-20(2,3)9-14(16)28-17(11)19(26)21-12-6-5-7-24-18(12)22-15(23-24)10-27-4/h12H,5-10H2,1-4H3,(H,21,26)/t12-/m1/s1. The summed E-state index contributed by atoms with van der Waals surface area (Å²) in [6.07, 6.45) is 2.80. The number of carbonyl (C=O) groups is 2. The van der Waals surface area contributed by atoms with E-state index < -0.39 is 0 Å². The van der Waals surface area contributed by atoms with Crippen LogP contribution in [0, 0.1) is 12.3 Å². The highest BCUT2D eigenvalue weighted by Crippen LogP contribution is 2.38. The second-order valence-electron chi connectivity index (χ2n) is 8.51. The maximum Gasteiger partial charge on any atom is 0.287 e. The summed E-state index contributed by atoms with van der Waals surface area (Å²) in [6.45, 7) is 6.97. The lowest BCUT2D eigenvalue weighted by Gasteiger charge is -2.27. The van der Waals surface area contributed by atoms with E-state index in [-0.39, 0.29) is 28.9 Å². The molecule has 150 valence electrons. The number of rotatable bonds is 4. The summed E-state index contributed by atoms with van der Waals surface area (Å²) in [6, 6.07) is -0.243. The van der Waals surface area contributed by atoms with Crippen molar-refractivity contribution < 1.29 is 18.7 Å². The highest BCUT2D eigenvalue weighted by molar-refractivity contribution is 6.03. The minimum absolute atomic E-state index is 0.0492. The highest BCUT2D eigenvalue weighted by atomic mass is 16.5. The lowest BCUT2D eigenvalue weighted by Crippen LogP contribution is -2.33. The summed E-state index contributed by atoms with van der Waals surface area (Å²) in [4.78, 5) is 30.0. The Hall–Kier alpha value is -2.48. The van der Waals surface area contributed by atoms with Gasteiger partial charge in [0.1, 0.15) is 18.2 Å². The summed E-state index contributed by atoms with van der Waals surface area (Å²) in [5.41, 5.74) is 1.06. The molecule has 1 atom stereocenters. The number of nitrogens with one attached hydrogen (secondary N) is 1. The predicted octanol–water partition coefficient (Wildman–Crippen LogP) is 2.75. The second kappa shape index (κ2) is 6.84. The van der Waals surface area contributed by atoms with Gasteiger partial charge in [-0.05, 0) is 25.2 Å². The molecule has 2 aromatic heterocycles. The van der Waals surface area contributed by atoms with Gasteiger partial charge in [-0.3, -0.25) is 9.59 Å². The first kappa shape index (κ1) is 18.9. The molecule has 1 amide bonds. The van der Waals surface area contributed by atoms with E-state index in [9.17, 15) is 9.59 Å². The van der Waals surface area contributed by atoms with Crippen LogP contribution >= 0.6 is 0 Å². The van der Waals surface area contributed by atoms with E-state index in [1.54, 1.807) is 14.0 Å². The summed E-state index contributed by atoms with van der Waals surface area (Å²) < 4.78 is 12.8. The fraction of sp³-hybridized carbons (Fsp3) is 0.600. The summed E-state index contributed by atoms with van der Waals surface area (Å²) in [5, 5.41) is 7.45. The molecule has 1 N–H and O–H groups in total. The van der Waals surface area contributed by atoms with E-state index in [4.69, 9.17) is 9.15 Å². The van der Waals surface area contributed by atoms with Crippen molar-refractivity contribution in [3.05, 3.63) is 34.3 Å². The van der Waals surface area contributed by atoms with E-state index >= 15 is 0 Å². The smallest absolute Gasteiger partial charge is 0.287 e. The van der Waals surface area contributed by atoms with Crippen molar-refractivity contribution in [2.24, 2.45) is 5.41 Å². The van der Waals surface area contributed by atoms with Crippen molar-refractivity contribution in [1.29, 1.82) is 0 Å². The number of amides is 1. The molecule has 1 aliphatic heterocycles. The van der Waals surface area contributed by atoms with Crippen LogP contribution in [0.2, 0.25) is 0 Å². The molecule has 3 heterocycles. The number of carbonyl (C=O) groups excluding carboxylic acids is 2. The maximum absolute atomic E-state index is 13.0. The van der Waals surface area contributed by atoms with E-state index in [1.165, 1.54) is 0 Å². The number of fused-ring (bicyclic) bond motifs is 2. The number of furan rings is 1. The Morgan fingerprint density at radius 2 is 2.18 bits per heavy atom. The molecular weight excluding hydrogens is 360 g/mol. The minimum Gasteiger partial charge on any atom is -0.455 e. The van der Waals surface area contributed by atoms with Crippen molar-refractivity contribution in [3.63, 3.8) is 0 Å². The topological polar surface area (TPSA) is 99.2 Å². The van der Waals surface area contributed by atoms with Crippen LogP contribution in [-0.4, -0.2) is 33.6 Å². The van der Waals surface area contributed by atoms with Crippen LogP contribution in [0.1, 0.15) is 83.0 Å². The van der Waals surface area contributed by atoms with Gasteiger partial charge in [0.15, 0.2) is 17.4 Å². The molecule has 0 aromatic carbocycles. The van der Waals surface area contributed by atoms with Crippen molar-refractivity contribution in [1.82, 2.24) is 20.1 Å². The third-order valence-corrected chi connectivity index (χ3v) is 5.48. The number of aryl methyl sites for hydroxylation is 1. The van der Waals surface area contributed by atoms with E-state index in [0.717, 1.165) is 25.2 Å². The van der Waals surface area contributed by atoms with Gasteiger partial charge >= 0.3 is 0 Å². The number of hydrogen-bond donors (Lipinski definition) is 1. The first-order chi connectivity index (χ1) is 13.3. The van der Waals surface area contributed by atoms with Crippen LogP contribution < -0.4 is 5.32 Å². The molecule has 8 heteroatoms. The summed E-state index contributed by atoms with van der Waals surface area (Å²) >= 11 is 0. The Labute approximate surface area is 163 Å². The number of methoxy groups -OCH3 is 1. The largest absolute Gasteiger partial charge is 0.455 e. The zero-order valence-corrected chi connectivity index (χ0v) is 16.8. The van der Waals surface area contributed by atoms with E-state index in [0.29, 0.717) is 42.2 Å². The van der Waals surface area contributed by atoms with Gasteiger partial charge in [-0.15, -0.1) is 0 Å². The molecule has 0 bridgehead atoms. The molecule has 0 saturated carbocycles. The third kappa shape index (κ3) is 3.26. The molecule has 1 aliphatic carbocycles. The number of aromatic nitrogens is 3. The number of ether oxygens (including phenoxy) is 1. The van der Waals surface area contributed by atoms with Crippen LogP contribution in [0.3, 0.4) is 0 Å². The van der Waals surface area contributed by atoms with Gasteiger partial charge in [0.2, 0.25) is 0 Å². The Balaban J connectivity index is 1.59. The molecular formula is C20H26N4O4. The van der Waals surface area contributed by atoms with Crippen LogP contribution in [0.25, 0.3) is 0 Å². The van der Waals surface area contributed by atoms with Gasteiger partial charge in [-0.1, -0.05) is 13.8 Å². The minimum atomic E-state index is -0.313. The Bertz CT molecular complexity index is 940. The van der Waals surface area contributed by atoms with Crippen molar-refractivity contribution in [3.8, 4) is 0 Å². The second-order valence-corrected chi connectivity index (χ2v) is 8.51. The molecule has 2 aliphatic rings. The number of ketones is 1. The lowest BCUT2D eigenvalue weighted by atomic mass is 9.76. The number of Topliss-reactive ketones (excluding diaryl/α,β-unsaturated/α-hetero) is 1. The molecule has 4 rings (SSSR count). The van der Waals surface area contributed by atoms with E-state index in [1.807, 2.05) is 18.5 Å². The van der Waals surface area contributed by atoms with Gasteiger partial charge in [0, 0.05) is 32.1 Å². The molecule has 2 aromatic rings. The Morgan fingerprint density at radius 3 is 2.93 bits per heavy atom. The van der Waals surface area contributed by atoms with Crippen LogP contribution in [0.15, 0.2) is 4.42 Å². The fourth-order valence-corrected chi connectivity index (χ4v) is 4.25. The van der Waals surface area contributed by atoms with Crippen LogP contribution in [0.5, 0.6) is 0 Å². The Morgan fingerprint density at radius 1 is 1.39 bits per heavy atom. The maximum atomic E-state index is 13.0. The third-order valence-electron chi connectivity index (χ3n) is 5.48. The average Bonchev–Trinajstić information content (AvgIpc) is 3.15. The Kier molecular flexibility index (Phi) is 4.61. The monoisotopic (exact) mass is 386 g/mol. The number of hydrogen-bond acceptors (Lipinski definition) is 6. The SMILES string of the molecule is COCc1nc2n(n1)CCC[C@H]2NC(=O)c1oc2c(c1C)C(=O)CC(C)(C)C2. The first-order valence-corrected chi connectivity index (χ1v) is 9.68. The van der Waals surface area contributed by atoms with Gasteiger partial charge < -0.3 is 14.5 Å². The lowest BCUT2D eigenvalue weighted by molar-refractivity contribution is 0.0877. The zero-order chi connectivity index (χ0) is 20.1. The normalized spacial score (nSPS) is 20.6. The molecule has 0 spiro atoms. The molecule has 8 nitrogen and oxygen atoms in total. The zero-order valence-electron chi connectivity index (χ0n) is 16.8. The van der Waals surface area contributed by atoms with Crippen molar-refractivity contribution in [2.45, 2.75) is 65.6 Å². The average molecular weight is 386 g/mol. The first-order valence-electron chi connectivity index (χ1n) is 9.68. The summed E-state index contributed by atoms with van der Waals surface area (Å²) in [5.74, 6) is 1.93. The number of nitrogens with zero attached hydrogens (tertiary/aromatic N) is 3. The van der Waals surface area contributed by atoms with Crippen LogP contribution in [-0.2, 0) is 24.3 Å². The highest BCUT2D eigenvalue weighted by Gasteiger charge is 2.37. The predicted molar refractivity (Wildman–Crippen MR) is 100 cm³/mol. The van der Waals surface area contributed by atoms with Gasteiger partial charge in [-0.2, -0.15) is 5.10 Å².